The minimum Gasteiger partial charge on any atom is -0.465 e. The molecule has 146 valence electrons. The van der Waals surface area contributed by atoms with Crippen molar-refractivity contribution in [2.75, 3.05) is 19.8 Å². The smallest absolute Gasteiger partial charge is 0.338 e. The van der Waals surface area contributed by atoms with Gasteiger partial charge in [-0.1, -0.05) is 26.0 Å². The third kappa shape index (κ3) is 5.91. The molecule has 0 amide bonds. The molecule has 1 saturated heterocycles. The SMILES string of the molecule is CCOC(=O)C1C(=C=S)NCC1CCc1ccc(C(=O)OCC(C)C)cc1. The maximum atomic E-state index is 12.2. The van der Waals surface area contributed by atoms with Crippen molar-refractivity contribution in [3.63, 3.8) is 0 Å². The van der Waals surface area contributed by atoms with Crippen molar-refractivity contribution in [2.45, 2.75) is 33.6 Å². The minimum absolute atomic E-state index is 0.116. The lowest BCUT2D eigenvalue weighted by atomic mass is 9.88. The van der Waals surface area contributed by atoms with E-state index in [2.05, 4.69) is 10.3 Å². The number of hydrogen-bond donors (Lipinski definition) is 1. The van der Waals surface area contributed by atoms with Crippen LogP contribution >= 0.6 is 12.2 Å². The molecule has 1 N–H and O–H groups in total. The Hall–Kier alpha value is -2.17. The van der Waals surface area contributed by atoms with Crippen LogP contribution in [-0.2, 0) is 20.7 Å². The van der Waals surface area contributed by atoms with E-state index in [0.29, 0.717) is 36.9 Å². The fourth-order valence-electron chi connectivity index (χ4n) is 3.10. The van der Waals surface area contributed by atoms with Crippen molar-refractivity contribution in [1.29, 1.82) is 0 Å². The van der Waals surface area contributed by atoms with Gasteiger partial charge in [0.1, 0.15) is 5.92 Å². The molecule has 1 fully saturated rings. The van der Waals surface area contributed by atoms with Crippen LogP contribution in [0.15, 0.2) is 30.0 Å². The third-order valence-corrected chi connectivity index (χ3v) is 4.75. The first-order valence-electron chi connectivity index (χ1n) is 9.37. The van der Waals surface area contributed by atoms with Gasteiger partial charge in [0.2, 0.25) is 0 Å². The molecule has 2 atom stereocenters. The van der Waals surface area contributed by atoms with Crippen molar-refractivity contribution in [1.82, 2.24) is 5.32 Å². The van der Waals surface area contributed by atoms with Gasteiger partial charge in [-0.3, -0.25) is 4.79 Å². The zero-order valence-electron chi connectivity index (χ0n) is 16.1. The number of benzene rings is 1. The molecule has 0 aromatic heterocycles. The zero-order valence-corrected chi connectivity index (χ0v) is 16.9. The van der Waals surface area contributed by atoms with E-state index in [0.717, 1.165) is 18.4 Å². The van der Waals surface area contributed by atoms with Gasteiger partial charge in [-0.25, -0.2) is 4.79 Å². The molecule has 1 aromatic carbocycles. The molecule has 5 nitrogen and oxygen atoms in total. The van der Waals surface area contributed by atoms with Crippen LogP contribution in [0.25, 0.3) is 0 Å². The molecular formula is C21H27NO4S. The Morgan fingerprint density at radius 2 is 1.96 bits per heavy atom. The number of thiocarbonyl (C=S) groups is 1. The molecule has 0 radical (unpaired) electrons. The fourth-order valence-corrected chi connectivity index (χ4v) is 3.30. The number of aryl methyl sites for hydroxylation is 1. The standard InChI is InChI=1S/C21H27NO4S/c1-4-25-21(24)19-17(11-22-18(19)13-27)10-7-15-5-8-16(9-6-15)20(23)26-12-14(2)3/h5-6,8-9,14,17,19,22H,4,7,10-12H2,1-3H3. The van der Waals surface area contributed by atoms with Crippen LogP contribution in [0.3, 0.4) is 0 Å². The lowest BCUT2D eigenvalue weighted by molar-refractivity contribution is -0.147. The number of nitrogens with one attached hydrogen (secondary N) is 1. The Kier molecular flexibility index (Phi) is 8.01. The molecule has 1 aromatic rings. The summed E-state index contributed by atoms with van der Waals surface area (Å²) < 4.78 is 10.4. The average molecular weight is 390 g/mol. The second-order valence-electron chi connectivity index (χ2n) is 7.11. The van der Waals surface area contributed by atoms with Gasteiger partial charge in [-0.15, -0.1) is 0 Å². The molecule has 6 heteroatoms. The maximum absolute atomic E-state index is 12.2. The van der Waals surface area contributed by atoms with E-state index >= 15 is 0 Å². The number of esters is 2. The number of carbonyl (C=O) groups is 2. The van der Waals surface area contributed by atoms with Crippen molar-refractivity contribution in [3.8, 4) is 0 Å². The third-order valence-electron chi connectivity index (χ3n) is 4.53. The topological polar surface area (TPSA) is 64.6 Å². The van der Waals surface area contributed by atoms with Gasteiger partial charge < -0.3 is 14.8 Å². The number of hydrogen-bond acceptors (Lipinski definition) is 6. The molecule has 1 aliphatic heterocycles. The summed E-state index contributed by atoms with van der Waals surface area (Å²) in [6, 6.07) is 7.44. The minimum atomic E-state index is -0.368. The predicted molar refractivity (Wildman–Crippen MR) is 108 cm³/mol. The number of carbonyl (C=O) groups excluding carboxylic acids is 2. The first-order chi connectivity index (χ1) is 13.0. The van der Waals surface area contributed by atoms with Crippen molar-refractivity contribution < 1.29 is 19.1 Å². The predicted octanol–water partition coefficient (Wildman–Crippen LogP) is 3.31. The summed E-state index contributed by atoms with van der Waals surface area (Å²) in [4.78, 5) is 24.2. The van der Waals surface area contributed by atoms with Gasteiger partial charge in [-0.05, 0) is 66.5 Å². The Morgan fingerprint density at radius 3 is 2.56 bits per heavy atom. The Morgan fingerprint density at radius 1 is 1.26 bits per heavy atom. The monoisotopic (exact) mass is 389 g/mol. The van der Waals surface area contributed by atoms with Crippen molar-refractivity contribution in [2.24, 2.45) is 17.8 Å². The molecule has 0 bridgehead atoms. The van der Waals surface area contributed by atoms with Gasteiger partial charge in [0.15, 0.2) is 0 Å². The molecule has 0 aliphatic carbocycles. The number of rotatable bonds is 8. The summed E-state index contributed by atoms with van der Waals surface area (Å²) in [5, 5.41) is 5.83. The second kappa shape index (κ2) is 10.2. The molecule has 1 aliphatic rings. The van der Waals surface area contributed by atoms with E-state index in [-0.39, 0.29) is 23.8 Å². The first kappa shape index (κ1) is 21.1. The quantitative estimate of drug-likeness (QED) is 0.544. The van der Waals surface area contributed by atoms with Gasteiger partial charge in [0, 0.05) is 6.54 Å². The second-order valence-corrected chi connectivity index (χ2v) is 7.32. The maximum Gasteiger partial charge on any atom is 0.338 e. The van der Waals surface area contributed by atoms with Gasteiger partial charge >= 0.3 is 11.9 Å². The van der Waals surface area contributed by atoms with Crippen LogP contribution < -0.4 is 5.32 Å². The summed E-state index contributed by atoms with van der Waals surface area (Å²) in [5.41, 5.74) is 2.31. The molecule has 2 rings (SSSR count). The van der Waals surface area contributed by atoms with Crippen molar-refractivity contribution in [3.05, 3.63) is 41.1 Å². The van der Waals surface area contributed by atoms with E-state index in [9.17, 15) is 9.59 Å². The lowest BCUT2D eigenvalue weighted by Crippen LogP contribution is -2.24. The molecule has 2 unspecified atom stereocenters. The van der Waals surface area contributed by atoms with E-state index in [1.807, 2.05) is 26.0 Å². The highest BCUT2D eigenvalue weighted by molar-refractivity contribution is 7.78. The Bertz CT molecular complexity index is 707. The fraction of sp³-hybridized carbons (Fsp3) is 0.524. The van der Waals surface area contributed by atoms with Gasteiger partial charge in [0.25, 0.3) is 0 Å². The lowest BCUT2D eigenvalue weighted by Gasteiger charge is -2.16. The number of ether oxygens (including phenoxy) is 2. The van der Waals surface area contributed by atoms with Crippen LogP contribution in [-0.4, -0.2) is 36.7 Å². The van der Waals surface area contributed by atoms with Crippen LogP contribution in [0.4, 0.5) is 0 Å². The van der Waals surface area contributed by atoms with Crippen LogP contribution in [0.1, 0.15) is 43.1 Å². The average Bonchev–Trinajstić information content (AvgIpc) is 3.08. The summed E-state index contributed by atoms with van der Waals surface area (Å²) in [6.07, 6.45) is 1.61. The Balaban J connectivity index is 1.94. The van der Waals surface area contributed by atoms with Crippen LogP contribution in [0.2, 0.25) is 0 Å². The summed E-state index contributed by atoms with van der Waals surface area (Å²) >= 11 is 4.90. The normalized spacial score (nSPS) is 18.7. The molecular weight excluding hydrogens is 362 g/mol. The molecule has 0 saturated carbocycles. The molecule has 27 heavy (non-hydrogen) atoms. The highest BCUT2D eigenvalue weighted by Gasteiger charge is 2.38. The molecule has 1 heterocycles. The molecule has 0 spiro atoms. The van der Waals surface area contributed by atoms with E-state index in [1.165, 1.54) is 0 Å². The first-order valence-corrected chi connectivity index (χ1v) is 9.78. The van der Waals surface area contributed by atoms with E-state index < -0.39 is 0 Å². The van der Waals surface area contributed by atoms with Crippen LogP contribution in [0.5, 0.6) is 0 Å². The zero-order chi connectivity index (χ0) is 19.8. The van der Waals surface area contributed by atoms with Crippen molar-refractivity contribution >= 4 is 29.2 Å². The van der Waals surface area contributed by atoms with Gasteiger partial charge in [-0.2, -0.15) is 0 Å². The summed E-state index contributed by atoms with van der Waals surface area (Å²) in [5.74, 6) is -0.485. The highest BCUT2D eigenvalue weighted by atomic mass is 32.1. The Labute approximate surface area is 166 Å². The summed E-state index contributed by atoms with van der Waals surface area (Å²) in [6.45, 7) is 7.25. The van der Waals surface area contributed by atoms with Gasteiger partial charge in [0.05, 0.1) is 24.5 Å². The largest absolute Gasteiger partial charge is 0.465 e. The summed E-state index contributed by atoms with van der Waals surface area (Å²) in [7, 11) is 0. The van der Waals surface area contributed by atoms with E-state index in [4.69, 9.17) is 21.7 Å². The van der Waals surface area contributed by atoms with E-state index in [1.54, 1.807) is 19.1 Å². The van der Waals surface area contributed by atoms with Crippen LogP contribution in [0, 0.1) is 17.8 Å². The highest BCUT2D eigenvalue weighted by Crippen LogP contribution is 2.29.